The number of alkyl halides is 1. The van der Waals surface area contributed by atoms with Gasteiger partial charge < -0.3 is 0 Å². The first-order chi connectivity index (χ1) is 8.74. The third kappa shape index (κ3) is 3.20. The van der Waals surface area contributed by atoms with Crippen LogP contribution in [0.15, 0.2) is 35.1 Å². The van der Waals surface area contributed by atoms with Crippen molar-refractivity contribution in [1.82, 2.24) is 14.8 Å². The van der Waals surface area contributed by atoms with Crippen molar-refractivity contribution in [2.45, 2.75) is 25.8 Å². The number of halogens is 2. The molecule has 0 saturated carbocycles. The number of hydrogen-bond donors (Lipinski definition) is 0. The third-order valence-electron chi connectivity index (χ3n) is 2.95. The van der Waals surface area contributed by atoms with Crippen LogP contribution >= 0.6 is 31.9 Å². The summed E-state index contributed by atoms with van der Waals surface area (Å²) in [6.45, 7) is 2.95. The highest BCUT2D eigenvalue weighted by atomic mass is 79.9. The normalized spacial score (nSPS) is 12.6. The highest BCUT2D eigenvalue weighted by molar-refractivity contribution is 9.10. The van der Waals surface area contributed by atoms with Crippen LogP contribution in [-0.4, -0.2) is 20.1 Å². The van der Waals surface area contributed by atoms with Crippen LogP contribution in [0, 0.1) is 0 Å². The van der Waals surface area contributed by atoms with Crippen molar-refractivity contribution in [2.75, 3.05) is 5.33 Å². The van der Waals surface area contributed by atoms with Gasteiger partial charge in [-0.15, -0.1) is 0 Å². The molecule has 5 heteroatoms. The molecule has 0 spiro atoms. The van der Waals surface area contributed by atoms with Crippen molar-refractivity contribution >= 4 is 31.9 Å². The maximum absolute atomic E-state index is 4.34. The topological polar surface area (TPSA) is 30.7 Å². The van der Waals surface area contributed by atoms with Crippen molar-refractivity contribution in [3.8, 4) is 0 Å². The number of rotatable bonds is 5. The lowest BCUT2D eigenvalue weighted by molar-refractivity contribution is 0.592. The lowest BCUT2D eigenvalue weighted by atomic mass is 9.97. The molecule has 0 saturated heterocycles. The standard InChI is InChI=1S/C13H15Br2N3/c1-2-18-13(16-9-17-18)7-11(8-14)10-3-5-12(15)6-4-10/h3-6,9,11H,2,7-8H2,1H3. The molecule has 0 amide bonds. The molecule has 0 fully saturated rings. The van der Waals surface area contributed by atoms with E-state index < -0.39 is 0 Å². The molecular weight excluding hydrogens is 358 g/mol. The second kappa shape index (κ2) is 6.48. The number of aromatic nitrogens is 3. The van der Waals surface area contributed by atoms with E-state index >= 15 is 0 Å². The SMILES string of the molecule is CCn1ncnc1CC(CBr)c1ccc(Br)cc1. The number of hydrogen-bond acceptors (Lipinski definition) is 2. The van der Waals surface area contributed by atoms with Gasteiger partial charge in [-0.2, -0.15) is 5.10 Å². The zero-order valence-electron chi connectivity index (χ0n) is 10.2. The first-order valence-corrected chi connectivity index (χ1v) is 7.84. The van der Waals surface area contributed by atoms with E-state index in [2.05, 4.69) is 73.1 Å². The van der Waals surface area contributed by atoms with Gasteiger partial charge in [0.1, 0.15) is 12.2 Å². The Hall–Kier alpha value is -0.680. The molecule has 96 valence electrons. The van der Waals surface area contributed by atoms with E-state index in [0.29, 0.717) is 5.92 Å². The minimum absolute atomic E-state index is 0.424. The first-order valence-electron chi connectivity index (χ1n) is 5.92. The van der Waals surface area contributed by atoms with Gasteiger partial charge in [-0.25, -0.2) is 4.98 Å². The van der Waals surface area contributed by atoms with Crippen molar-refractivity contribution in [1.29, 1.82) is 0 Å². The molecule has 1 atom stereocenters. The van der Waals surface area contributed by atoms with Crippen LogP contribution in [0.25, 0.3) is 0 Å². The Morgan fingerprint density at radius 2 is 2.00 bits per heavy atom. The predicted molar refractivity (Wildman–Crippen MR) is 80.1 cm³/mol. The molecule has 0 aliphatic carbocycles. The fourth-order valence-corrected chi connectivity index (χ4v) is 2.79. The van der Waals surface area contributed by atoms with Crippen molar-refractivity contribution in [2.24, 2.45) is 0 Å². The van der Waals surface area contributed by atoms with E-state index in [-0.39, 0.29) is 0 Å². The maximum Gasteiger partial charge on any atom is 0.138 e. The Morgan fingerprint density at radius 1 is 1.28 bits per heavy atom. The Balaban J connectivity index is 2.17. The second-order valence-corrected chi connectivity index (χ2v) is 5.66. The van der Waals surface area contributed by atoms with Gasteiger partial charge >= 0.3 is 0 Å². The van der Waals surface area contributed by atoms with Crippen LogP contribution in [0.1, 0.15) is 24.2 Å². The van der Waals surface area contributed by atoms with Gasteiger partial charge in [-0.1, -0.05) is 44.0 Å². The fraction of sp³-hybridized carbons (Fsp3) is 0.385. The van der Waals surface area contributed by atoms with Gasteiger partial charge in [0.2, 0.25) is 0 Å². The van der Waals surface area contributed by atoms with Crippen LogP contribution in [0.4, 0.5) is 0 Å². The van der Waals surface area contributed by atoms with E-state index in [9.17, 15) is 0 Å². The van der Waals surface area contributed by atoms with E-state index in [0.717, 1.165) is 28.6 Å². The molecule has 0 N–H and O–H groups in total. The molecule has 1 aromatic carbocycles. The Labute approximate surface area is 124 Å². The van der Waals surface area contributed by atoms with Gasteiger partial charge in [0, 0.05) is 28.7 Å². The van der Waals surface area contributed by atoms with Crippen molar-refractivity contribution in [3.63, 3.8) is 0 Å². The molecule has 2 aromatic rings. The highest BCUT2D eigenvalue weighted by Gasteiger charge is 2.14. The van der Waals surface area contributed by atoms with Crippen molar-refractivity contribution < 1.29 is 0 Å². The molecule has 3 nitrogen and oxygen atoms in total. The third-order valence-corrected chi connectivity index (χ3v) is 4.26. The van der Waals surface area contributed by atoms with Crippen LogP contribution in [-0.2, 0) is 13.0 Å². The zero-order valence-corrected chi connectivity index (χ0v) is 13.4. The van der Waals surface area contributed by atoms with Crippen LogP contribution < -0.4 is 0 Å². The monoisotopic (exact) mass is 371 g/mol. The summed E-state index contributed by atoms with van der Waals surface area (Å²) in [6, 6.07) is 8.47. The van der Waals surface area contributed by atoms with E-state index in [1.807, 2.05) is 4.68 Å². The number of aryl methyl sites for hydroxylation is 1. The molecule has 2 rings (SSSR count). The van der Waals surface area contributed by atoms with E-state index in [4.69, 9.17) is 0 Å². The van der Waals surface area contributed by atoms with Gasteiger partial charge in [0.15, 0.2) is 0 Å². The maximum atomic E-state index is 4.34. The highest BCUT2D eigenvalue weighted by Crippen LogP contribution is 2.24. The van der Waals surface area contributed by atoms with Crippen molar-refractivity contribution in [3.05, 3.63) is 46.5 Å². The number of benzene rings is 1. The largest absolute Gasteiger partial charge is 0.250 e. The molecule has 0 bridgehead atoms. The summed E-state index contributed by atoms with van der Waals surface area (Å²) in [5.41, 5.74) is 1.32. The molecule has 1 unspecified atom stereocenters. The molecule has 0 aliphatic heterocycles. The first kappa shape index (κ1) is 13.7. The smallest absolute Gasteiger partial charge is 0.138 e. The summed E-state index contributed by atoms with van der Waals surface area (Å²) >= 11 is 7.06. The summed E-state index contributed by atoms with van der Waals surface area (Å²) in [4.78, 5) is 4.34. The van der Waals surface area contributed by atoms with E-state index in [1.165, 1.54) is 5.56 Å². The molecule has 18 heavy (non-hydrogen) atoms. The van der Waals surface area contributed by atoms with Gasteiger partial charge in [-0.05, 0) is 24.6 Å². The molecule has 0 radical (unpaired) electrons. The summed E-state index contributed by atoms with van der Waals surface area (Å²) in [7, 11) is 0. The Bertz CT molecular complexity index is 493. The van der Waals surface area contributed by atoms with Gasteiger partial charge in [0.05, 0.1) is 0 Å². The van der Waals surface area contributed by atoms with Gasteiger partial charge in [0.25, 0.3) is 0 Å². The van der Waals surface area contributed by atoms with E-state index in [1.54, 1.807) is 6.33 Å². The average Bonchev–Trinajstić information content (AvgIpc) is 2.84. The quantitative estimate of drug-likeness (QED) is 0.747. The summed E-state index contributed by atoms with van der Waals surface area (Å²) in [5.74, 6) is 1.47. The van der Waals surface area contributed by atoms with Crippen LogP contribution in [0.2, 0.25) is 0 Å². The molecule has 0 aliphatic rings. The molecule has 1 aromatic heterocycles. The second-order valence-electron chi connectivity index (χ2n) is 4.10. The van der Waals surface area contributed by atoms with Gasteiger partial charge in [-0.3, -0.25) is 4.68 Å². The minimum Gasteiger partial charge on any atom is -0.250 e. The zero-order chi connectivity index (χ0) is 13.0. The lowest BCUT2D eigenvalue weighted by Crippen LogP contribution is -2.11. The number of nitrogens with zero attached hydrogens (tertiary/aromatic N) is 3. The average molecular weight is 373 g/mol. The molecular formula is C13H15Br2N3. The predicted octanol–water partition coefficient (Wildman–Crippen LogP) is 3.78. The fourth-order valence-electron chi connectivity index (χ4n) is 1.93. The lowest BCUT2D eigenvalue weighted by Gasteiger charge is -2.14. The van der Waals surface area contributed by atoms with Crippen LogP contribution in [0.3, 0.4) is 0 Å². The summed E-state index contributed by atoms with van der Waals surface area (Å²) in [5, 5.41) is 5.13. The summed E-state index contributed by atoms with van der Waals surface area (Å²) in [6.07, 6.45) is 2.53. The summed E-state index contributed by atoms with van der Waals surface area (Å²) < 4.78 is 3.06. The van der Waals surface area contributed by atoms with Crippen LogP contribution in [0.5, 0.6) is 0 Å². The Morgan fingerprint density at radius 3 is 2.61 bits per heavy atom. The minimum atomic E-state index is 0.424. The molecule has 1 heterocycles. The Kier molecular flexibility index (Phi) is 4.95.